The van der Waals surface area contributed by atoms with E-state index in [4.69, 9.17) is 5.11 Å². The first kappa shape index (κ1) is 16.1. The van der Waals surface area contributed by atoms with Gasteiger partial charge in [-0.3, -0.25) is 10.2 Å². The van der Waals surface area contributed by atoms with Crippen molar-refractivity contribution >= 4 is 23.6 Å². The normalized spacial score (nSPS) is 15.6. The number of nitrogens with one attached hydrogen (secondary N) is 1. The van der Waals surface area contributed by atoms with E-state index in [-0.39, 0.29) is 5.92 Å². The summed E-state index contributed by atoms with van der Waals surface area (Å²) in [5.41, 5.74) is 6.09. The Morgan fingerprint density at radius 2 is 1.75 bits per heavy atom. The minimum atomic E-state index is -0.674. The molecule has 2 aromatic rings. The number of carbonyl (C=O) groups is 1. The zero-order valence-electron chi connectivity index (χ0n) is 13.4. The molecule has 0 bridgehead atoms. The highest BCUT2D eigenvalue weighted by Crippen LogP contribution is 2.23. The van der Waals surface area contributed by atoms with Crippen LogP contribution in [0.25, 0.3) is 0 Å². The second-order valence-corrected chi connectivity index (χ2v) is 5.93. The number of benzene rings is 2. The van der Waals surface area contributed by atoms with Crippen molar-refractivity contribution in [2.24, 2.45) is 11.0 Å². The smallest absolute Gasteiger partial charge is 0.306 e. The molecule has 1 saturated heterocycles. The van der Waals surface area contributed by atoms with Crippen LogP contribution in [0.3, 0.4) is 0 Å². The van der Waals surface area contributed by atoms with Gasteiger partial charge in [-0.25, -0.2) is 0 Å². The highest BCUT2D eigenvalue weighted by molar-refractivity contribution is 5.81. The van der Waals surface area contributed by atoms with Gasteiger partial charge in [0.05, 0.1) is 17.8 Å². The van der Waals surface area contributed by atoms with E-state index in [0.717, 1.165) is 30.0 Å². The lowest BCUT2D eigenvalue weighted by atomic mass is 9.96. The predicted molar refractivity (Wildman–Crippen MR) is 96.7 cm³/mol. The summed E-state index contributed by atoms with van der Waals surface area (Å²) in [4.78, 5) is 13.2. The van der Waals surface area contributed by atoms with Gasteiger partial charge in [0.25, 0.3) is 0 Å². The number of aliphatic carboxylic acids is 1. The first-order chi connectivity index (χ1) is 11.7. The van der Waals surface area contributed by atoms with Gasteiger partial charge < -0.3 is 10.0 Å². The van der Waals surface area contributed by atoms with Gasteiger partial charge in [0.2, 0.25) is 0 Å². The maximum atomic E-state index is 11.0. The number of piperidine rings is 1. The largest absolute Gasteiger partial charge is 0.481 e. The summed E-state index contributed by atoms with van der Waals surface area (Å²) in [5.74, 6) is -0.871. The third-order valence-electron chi connectivity index (χ3n) is 4.28. The number of para-hydroxylation sites is 1. The van der Waals surface area contributed by atoms with Crippen LogP contribution in [0.15, 0.2) is 59.7 Å². The van der Waals surface area contributed by atoms with Crippen LogP contribution in [0.2, 0.25) is 0 Å². The van der Waals surface area contributed by atoms with Crippen LogP contribution in [0.5, 0.6) is 0 Å². The summed E-state index contributed by atoms with van der Waals surface area (Å²) in [7, 11) is 0. The molecule has 0 radical (unpaired) electrons. The number of nitrogens with zero attached hydrogens (tertiary/aromatic N) is 2. The highest BCUT2D eigenvalue weighted by atomic mass is 16.4. The van der Waals surface area contributed by atoms with Gasteiger partial charge in [0.1, 0.15) is 0 Å². The zero-order chi connectivity index (χ0) is 16.8. The second kappa shape index (κ2) is 7.64. The van der Waals surface area contributed by atoms with Gasteiger partial charge in [0, 0.05) is 18.8 Å². The molecule has 5 nitrogen and oxygen atoms in total. The summed E-state index contributed by atoms with van der Waals surface area (Å²) in [6, 6.07) is 18.0. The van der Waals surface area contributed by atoms with E-state index < -0.39 is 5.97 Å². The molecule has 1 aliphatic heterocycles. The van der Waals surface area contributed by atoms with Crippen LogP contribution in [-0.2, 0) is 4.79 Å². The second-order valence-electron chi connectivity index (χ2n) is 5.93. The quantitative estimate of drug-likeness (QED) is 0.653. The molecule has 1 aliphatic rings. The number of anilines is 2. The predicted octanol–water partition coefficient (Wildman–Crippen LogP) is 3.43. The van der Waals surface area contributed by atoms with Gasteiger partial charge in [0.15, 0.2) is 0 Å². The SMILES string of the molecule is O=C(O)C1CCN(c2ccc(C=NNc3ccccc3)cc2)CC1. The topological polar surface area (TPSA) is 64.9 Å². The van der Waals surface area contributed by atoms with E-state index in [2.05, 4.69) is 27.6 Å². The van der Waals surface area contributed by atoms with Crippen molar-refractivity contribution in [3.05, 3.63) is 60.2 Å². The zero-order valence-corrected chi connectivity index (χ0v) is 13.4. The number of hydrazone groups is 1. The lowest BCUT2D eigenvalue weighted by Gasteiger charge is -2.31. The Bertz CT molecular complexity index is 690. The molecule has 0 aliphatic carbocycles. The van der Waals surface area contributed by atoms with Crippen molar-refractivity contribution in [1.82, 2.24) is 0 Å². The minimum absolute atomic E-state index is 0.197. The number of hydrogen-bond acceptors (Lipinski definition) is 4. The molecule has 0 atom stereocenters. The number of carboxylic acids is 1. The third-order valence-corrected chi connectivity index (χ3v) is 4.28. The van der Waals surface area contributed by atoms with E-state index in [1.54, 1.807) is 6.21 Å². The van der Waals surface area contributed by atoms with Crippen molar-refractivity contribution < 1.29 is 9.90 Å². The average Bonchev–Trinajstić information content (AvgIpc) is 2.63. The molecule has 1 fully saturated rings. The molecule has 1 heterocycles. The van der Waals surface area contributed by atoms with Gasteiger partial charge in [-0.2, -0.15) is 5.10 Å². The van der Waals surface area contributed by atoms with Crippen LogP contribution in [0, 0.1) is 5.92 Å². The van der Waals surface area contributed by atoms with Crippen LogP contribution < -0.4 is 10.3 Å². The molecule has 124 valence electrons. The Labute approximate surface area is 141 Å². The molecule has 3 rings (SSSR count). The van der Waals surface area contributed by atoms with Crippen LogP contribution in [0.4, 0.5) is 11.4 Å². The molecule has 2 N–H and O–H groups in total. The van der Waals surface area contributed by atoms with E-state index in [1.807, 2.05) is 42.5 Å². The summed E-state index contributed by atoms with van der Waals surface area (Å²) in [5, 5.41) is 13.3. The van der Waals surface area contributed by atoms with E-state index in [1.165, 1.54) is 0 Å². The Morgan fingerprint density at radius 1 is 1.08 bits per heavy atom. The van der Waals surface area contributed by atoms with Crippen molar-refractivity contribution in [2.45, 2.75) is 12.8 Å². The Hall–Kier alpha value is -2.82. The summed E-state index contributed by atoms with van der Waals surface area (Å²) < 4.78 is 0. The number of carboxylic acid groups (broad SMARTS) is 1. The standard InChI is InChI=1S/C19H21N3O2/c23-19(24)16-10-12-22(13-11-16)18-8-6-15(7-9-18)14-20-21-17-4-2-1-3-5-17/h1-9,14,16,21H,10-13H2,(H,23,24). The summed E-state index contributed by atoms with van der Waals surface area (Å²) in [6.45, 7) is 1.58. The van der Waals surface area contributed by atoms with Crippen LogP contribution in [0.1, 0.15) is 18.4 Å². The fourth-order valence-electron chi connectivity index (χ4n) is 2.85. The fourth-order valence-corrected chi connectivity index (χ4v) is 2.85. The average molecular weight is 323 g/mol. The molecule has 0 unspecified atom stereocenters. The fraction of sp³-hybridized carbons (Fsp3) is 0.263. The summed E-state index contributed by atoms with van der Waals surface area (Å²) in [6.07, 6.45) is 3.20. The Kier molecular flexibility index (Phi) is 5.11. The maximum Gasteiger partial charge on any atom is 0.306 e. The van der Waals surface area contributed by atoms with Gasteiger partial charge in [-0.15, -0.1) is 0 Å². The van der Waals surface area contributed by atoms with Gasteiger partial charge in [-0.1, -0.05) is 30.3 Å². The third kappa shape index (κ3) is 4.13. The first-order valence-electron chi connectivity index (χ1n) is 8.14. The number of hydrogen-bond donors (Lipinski definition) is 2. The first-order valence-corrected chi connectivity index (χ1v) is 8.14. The Morgan fingerprint density at radius 3 is 2.38 bits per heavy atom. The van der Waals surface area contributed by atoms with E-state index in [9.17, 15) is 4.79 Å². The minimum Gasteiger partial charge on any atom is -0.481 e. The van der Waals surface area contributed by atoms with Crippen molar-refractivity contribution in [1.29, 1.82) is 0 Å². The van der Waals surface area contributed by atoms with Crippen molar-refractivity contribution in [2.75, 3.05) is 23.4 Å². The molecule has 0 spiro atoms. The lowest BCUT2D eigenvalue weighted by molar-refractivity contribution is -0.142. The van der Waals surface area contributed by atoms with Gasteiger partial charge in [-0.05, 0) is 42.7 Å². The van der Waals surface area contributed by atoms with Crippen molar-refractivity contribution in [3.63, 3.8) is 0 Å². The van der Waals surface area contributed by atoms with Crippen LogP contribution >= 0.6 is 0 Å². The molecule has 2 aromatic carbocycles. The molecule has 24 heavy (non-hydrogen) atoms. The maximum absolute atomic E-state index is 11.0. The van der Waals surface area contributed by atoms with E-state index in [0.29, 0.717) is 12.8 Å². The molecule has 0 saturated carbocycles. The monoisotopic (exact) mass is 323 g/mol. The Balaban J connectivity index is 1.55. The lowest BCUT2D eigenvalue weighted by Crippen LogP contribution is -2.36. The highest BCUT2D eigenvalue weighted by Gasteiger charge is 2.24. The molecular formula is C19H21N3O2. The molecule has 0 aromatic heterocycles. The van der Waals surface area contributed by atoms with Gasteiger partial charge >= 0.3 is 5.97 Å². The van der Waals surface area contributed by atoms with Crippen LogP contribution in [-0.4, -0.2) is 30.4 Å². The molecule has 5 heteroatoms. The molecular weight excluding hydrogens is 302 g/mol. The van der Waals surface area contributed by atoms with Crippen molar-refractivity contribution in [3.8, 4) is 0 Å². The summed E-state index contributed by atoms with van der Waals surface area (Å²) >= 11 is 0. The van der Waals surface area contributed by atoms with E-state index >= 15 is 0 Å². The number of rotatable bonds is 5. The molecule has 0 amide bonds.